The first-order valence-corrected chi connectivity index (χ1v) is 6.97. The van der Waals surface area contributed by atoms with E-state index < -0.39 is 0 Å². The fraction of sp³-hybridized carbons (Fsp3) is 0.714. The van der Waals surface area contributed by atoms with Crippen molar-refractivity contribution in [1.82, 2.24) is 15.1 Å². The second kappa shape index (κ2) is 4.41. The maximum atomic E-state index is 12.4. The minimum absolute atomic E-state index is 0.0392. The fourth-order valence-corrected chi connectivity index (χ4v) is 3.20. The molecule has 1 N–H and O–H groups in total. The first-order valence-electron chi connectivity index (χ1n) is 6.97. The van der Waals surface area contributed by atoms with E-state index in [2.05, 4.69) is 22.0 Å². The Hall–Kier alpha value is -1.32. The normalized spacial score (nSPS) is 23.7. The molecule has 0 radical (unpaired) electrons. The number of aromatic nitrogens is 2. The van der Waals surface area contributed by atoms with Crippen LogP contribution in [0.3, 0.4) is 0 Å². The lowest BCUT2D eigenvalue weighted by atomic mass is 9.69. The van der Waals surface area contributed by atoms with E-state index in [0.717, 1.165) is 38.8 Å². The molecule has 0 unspecified atom stereocenters. The molecule has 1 aliphatic heterocycles. The summed E-state index contributed by atoms with van der Waals surface area (Å²) >= 11 is 0. The van der Waals surface area contributed by atoms with Gasteiger partial charge in [-0.25, -0.2) is 0 Å². The van der Waals surface area contributed by atoms with Crippen LogP contribution in [0.2, 0.25) is 0 Å². The molecule has 0 bridgehead atoms. The van der Waals surface area contributed by atoms with E-state index in [4.69, 9.17) is 0 Å². The van der Waals surface area contributed by atoms with Crippen molar-refractivity contribution >= 4 is 5.91 Å². The standard InChI is InChI=1S/C14H21N3O/c1-14(5-2-6-14)13(18)17-7-3-11(4-8-17)12-9-15-16-10-12/h9-11H,2-8H2,1H3,(H,15,16). The average molecular weight is 247 g/mol. The zero-order valence-corrected chi connectivity index (χ0v) is 11.0. The monoisotopic (exact) mass is 247 g/mol. The van der Waals surface area contributed by atoms with Crippen molar-refractivity contribution in [2.24, 2.45) is 5.41 Å². The molecule has 2 aliphatic rings. The highest BCUT2D eigenvalue weighted by Gasteiger charge is 2.42. The van der Waals surface area contributed by atoms with Crippen molar-refractivity contribution in [1.29, 1.82) is 0 Å². The molecule has 0 atom stereocenters. The number of aromatic amines is 1. The van der Waals surface area contributed by atoms with E-state index in [-0.39, 0.29) is 5.41 Å². The summed E-state index contributed by atoms with van der Waals surface area (Å²) in [7, 11) is 0. The Bertz CT molecular complexity index is 414. The van der Waals surface area contributed by atoms with Gasteiger partial charge in [-0.1, -0.05) is 13.3 Å². The van der Waals surface area contributed by atoms with Crippen molar-refractivity contribution in [2.45, 2.75) is 44.9 Å². The smallest absolute Gasteiger partial charge is 0.228 e. The Morgan fingerprint density at radius 1 is 1.44 bits per heavy atom. The summed E-state index contributed by atoms with van der Waals surface area (Å²) in [5.41, 5.74) is 1.25. The molecule has 2 fully saturated rings. The third-order valence-electron chi connectivity index (χ3n) is 4.75. The predicted molar refractivity (Wildman–Crippen MR) is 69.1 cm³/mol. The second-order valence-electron chi connectivity index (χ2n) is 6.01. The zero-order chi connectivity index (χ0) is 12.6. The first kappa shape index (κ1) is 11.8. The Morgan fingerprint density at radius 3 is 2.67 bits per heavy atom. The molecule has 2 heterocycles. The average Bonchev–Trinajstić information content (AvgIpc) is 2.89. The van der Waals surface area contributed by atoms with Crippen LogP contribution >= 0.6 is 0 Å². The highest BCUT2D eigenvalue weighted by atomic mass is 16.2. The largest absolute Gasteiger partial charge is 0.342 e. The maximum absolute atomic E-state index is 12.4. The van der Waals surface area contributed by atoms with Crippen molar-refractivity contribution < 1.29 is 4.79 Å². The Labute approximate surface area is 108 Å². The van der Waals surface area contributed by atoms with Gasteiger partial charge < -0.3 is 4.90 Å². The van der Waals surface area contributed by atoms with E-state index in [9.17, 15) is 4.79 Å². The van der Waals surface area contributed by atoms with Crippen LogP contribution < -0.4 is 0 Å². The van der Waals surface area contributed by atoms with Crippen molar-refractivity contribution in [3.63, 3.8) is 0 Å². The van der Waals surface area contributed by atoms with E-state index in [1.165, 1.54) is 12.0 Å². The summed E-state index contributed by atoms with van der Waals surface area (Å²) in [4.78, 5) is 14.5. The summed E-state index contributed by atoms with van der Waals surface area (Å²) in [6.45, 7) is 3.94. The number of hydrogen-bond acceptors (Lipinski definition) is 2. The summed E-state index contributed by atoms with van der Waals surface area (Å²) in [5, 5.41) is 6.88. The lowest BCUT2D eigenvalue weighted by Crippen LogP contribution is -2.48. The first-order chi connectivity index (χ1) is 8.69. The van der Waals surface area contributed by atoms with Gasteiger partial charge in [-0.3, -0.25) is 9.89 Å². The predicted octanol–water partition coefficient (Wildman–Crippen LogP) is 2.31. The van der Waals surface area contributed by atoms with Crippen LogP contribution in [0.5, 0.6) is 0 Å². The van der Waals surface area contributed by atoms with Gasteiger partial charge in [0.2, 0.25) is 5.91 Å². The number of piperidine rings is 1. The van der Waals surface area contributed by atoms with E-state index in [1.54, 1.807) is 0 Å². The van der Waals surface area contributed by atoms with Crippen LogP contribution in [0.1, 0.15) is 50.5 Å². The van der Waals surface area contributed by atoms with Gasteiger partial charge >= 0.3 is 0 Å². The fourth-order valence-electron chi connectivity index (χ4n) is 3.20. The van der Waals surface area contributed by atoms with Crippen molar-refractivity contribution in [3.05, 3.63) is 18.0 Å². The highest BCUT2D eigenvalue weighted by Crippen LogP contribution is 2.42. The molecule has 98 valence electrons. The zero-order valence-electron chi connectivity index (χ0n) is 11.0. The Kier molecular flexibility index (Phi) is 2.88. The van der Waals surface area contributed by atoms with Crippen LogP contribution in [-0.4, -0.2) is 34.1 Å². The summed E-state index contributed by atoms with van der Waals surface area (Å²) in [6.07, 6.45) is 9.40. The number of rotatable bonds is 2. The topological polar surface area (TPSA) is 49.0 Å². The lowest BCUT2D eigenvalue weighted by molar-refractivity contribution is -0.147. The molecule has 0 aromatic carbocycles. The van der Waals surface area contributed by atoms with Gasteiger partial charge in [0, 0.05) is 24.7 Å². The Balaban J connectivity index is 1.58. The molecule has 4 nitrogen and oxygen atoms in total. The van der Waals surface area contributed by atoms with Crippen LogP contribution in [0.4, 0.5) is 0 Å². The van der Waals surface area contributed by atoms with Gasteiger partial charge in [-0.05, 0) is 37.2 Å². The molecule has 1 saturated carbocycles. The molecule has 1 aliphatic carbocycles. The minimum atomic E-state index is -0.0392. The van der Waals surface area contributed by atoms with Crippen molar-refractivity contribution in [3.8, 4) is 0 Å². The number of amides is 1. The van der Waals surface area contributed by atoms with Crippen LogP contribution in [0.15, 0.2) is 12.4 Å². The van der Waals surface area contributed by atoms with Gasteiger partial charge in [0.1, 0.15) is 0 Å². The van der Waals surface area contributed by atoms with Gasteiger partial charge in [0.15, 0.2) is 0 Å². The summed E-state index contributed by atoms with van der Waals surface area (Å²) in [6, 6.07) is 0. The lowest BCUT2D eigenvalue weighted by Gasteiger charge is -2.43. The van der Waals surface area contributed by atoms with E-state index in [0.29, 0.717) is 11.8 Å². The van der Waals surface area contributed by atoms with Crippen LogP contribution in [0.25, 0.3) is 0 Å². The van der Waals surface area contributed by atoms with Crippen LogP contribution in [0, 0.1) is 5.41 Å². The molecular formula is C14H21N3O. The van der Waals surface area contributed by atoms with E-state index >= 15 is 0 Å². The van der Waals surface area contributed by atoms with Crippen molar-refractivity contribution in [2.75, 3.05) is 13.1 Å². The van der Waals surface area contributed by atoms with E-state index in [1.807, 2.05) is 12.4 Å². The molecule has 1 saturated heterocycles. The third-order valence-corrected chi connectivity index (χ3v) is 4.75. The minimum Gasteiger partial charge on any atom is -0.342 e. The quantitative estimate of drug-likeness (QED) is 0.871. The summed E-state index contributed by atoms with van der Waals surface area (Å²) < 4.78 is 0. The number of nitrogens with one attached hydrogen (secondary N) is 1. The van der Waals surface area contributed by atoms with Gasteiger partial charge in [0.05, 0.1) is 6.20 Å². The number of H-pyrrole nitrogens is 1. The number of carbonyl (C=O) groups excluding carboxylic acids is 1. The number of carbonyl (C=O) groups is 1. The molecule has 1 aromatic heterocycles. The molecule has 0 spiro atoms. The highest BCUT2D eigenvalue weighted by molar-refractivity contribution is 5.83. The molecule has 3 rings (SSSR count). The molecular weight excluding hydrogens is 226 g/mol. The second-order valence-corrected chi connectivity index (χ2v) is 6.01. The molecule has 4 heteroatoms. The van der Waals surface area contributed by atoms with Crippen LogP contribution in [-0.2, 0) is 4.79 Å². The summed E-state index contributed by atoms with van der Waals surface area (Å²) in [5.74, 6) is 0.960. The van der Waals surface area contributed by atoms with Gasteiger partial charge in [-0.2, -0.15) is 5.10 Å². The van der Waals surface area contributed by atoms with Gasteiger partial charge in [0.25, 0.3) is 0 Å². The maximum Gasteiger partial charge on any atom is 0.228 e. The number of hydrogen-bond donors (Lipinski definition) is 1. The third kappa shape index (κ3) is 1.93. The molecule has 1 amide bonds. The number of likely N-dealkylation sites (tertiary alicyclic amines) is 1. The van der Waals surface area contributed by atoms with Gasteiger partial charge in [-0.15, -0.1) is 0 Å². The molecule has 1 aromatic rings. The SMILES string of the molecule is CC1(C(=O)N2CCC(c3cn[nH]c3)CC2)CCC1. The molecule has 18 heavy (non-hydrogen) atoms. The Morgan fingerprint density at radius 2 is 2.17 bits per heavy atom. The number of nitrogens with zero attached hydrogens (tertiary/aromatic N) is 2.